The van der Waals surface area contributed by atoms with Gasteiger partial charge in [-0.25, -0.2) is 0 Å². The highest BCUT2D eigenvalue weighted by Gasteiger charge is 2.21. The Hall–Kier alpha value is -2.37. The Balaban J connectivity index is 2.18. The van der Waals surface area contributed by atoms with E-state index in [1.165, 1.54) is 5.56 Å². The average molecular weight is 291 g/mol. The summed E-state index contributed by atoms with van der Waals surface area (Å²) in [5, 5.41) is 3.37. The second kappa shape index (κ2) is 7.06. The lowest BCUT2D eigenvalue weighted by Gasteiger charge is -2.28. The molecule has 0 aromatic heterocycles. The van der Waals surface area contributed by atoms with Crippen LogP contribution in [-0.4, -0.2) is 13.3 Å². The van der Waals surface area contributed by atoms with Gasteiger partial charge in [-0.2, -0.15) is 0 Å². The Kier molecular flexibility index (Phi) is 5.14. The Labute approximate surface area is 132 Å². The Morgan fingerprint density at radius 2 is 1.50 bits per heavy atom. The molecule has 0 bridgehead atoms. The quantitative estimate of drug-likeness (QED) is 0.687. The van der Waals surface area contributed by atoms with Gasteiger partial charge in [-0.3, -0.25) is 4.79 Å². The highest BCUT2D eigenvalue weighted by molar-refractivity contribution is 5.74. The number of carbonyl (C=O) groups excluding carboxylic acids is 1. The normalized spacial score (nSPS) is 12.9. The first-order chi connectivity index (χ1) is 10.6. The highest BCUT2D eigenvalue weighted by Crippen LogP contribution is 2.23. The molecule has 22 heavy (non-hydrogen) atoms. The van der Waals surface area contributed by atoms with E-state index in [-0.39, 0.29) is 5.54 Å². The molecule has 1 atom stereocenters. The molecule has 2 rings (SSSR count). The van der Waals surface area contributed by atoms with Gasteiger partial charge in [0.2, 0.25) is 0 Å². The number of hydrogen-bond acceptors (Lipinski definition) is 2. The van der Waals surface area contributed by atoms with Crippen molar-refractivity contribution in [2.45, 2.75) is 25.8 Å². The van der Waals surface area contributed by atoms with Crippen molar-refractivity contribution in [3.63, 3.8) is 0 Å². The molecular formula is C20H21NO. The number of benzene rings is 2. The summed E-state index contributed by atoms with van der Waals surface area (Å²) in [5.41, 5.74) is 3.82. The first-order valence-electron chi connectivity index (χ1n) is 7.48. The first-order valence-corrected chi connectivity index (χ1v) is 7.48. The third-order valence-corrected chi connectivity index (χ3v) is 4.18. The van der Waals surface area contributed by atoms with E-state index in [1.807, 2.05) is 31.3 Å². The van der Waals surface area contributed by atoms with Crippen LogP contribution in [-0.2, 0) is 5.54 Å². The molecule has 0 heterocycles. The number of hydrogen-bond donors (Lipinski definition) is 1. The van der Waals surface area contributed by atoms with Gasteiger partial charge in [-0.05, 0) is 50.2 Å². The fraction of sp³-hybridized carbons (Fsp3) is 0.250. The Morgan fingerprint density at radius 1 is 1.00 bits per heavy atom. The maximum absolute atomic E-state index is 10.6. The van der Waals surface area contributed by atoms with Crippen molar-refractivity contribution in [1.82, 2.24) is 5.32 Å². The minimum atomic E-state index is -0.00335. The van der Waals surface area contributed by atoms with Crippen molar-refractivity contribution in [2.75, 3.05) is 7.05 Å². The molecule has 112 valence electrons. The van der Waals surface area contributed by atoms with E-state index in [4.69, 9.17) is 0 Å². The molecule has 2 aromatic carbocycles. The van der Waals surface area contributed by atoms with Crippen molar-refractivity contribution < 1.29 is 4.79 Å². The van der Waals surface area contributed by atoms with Crippen LogP contribution in [0.15, 0.2) is 48.5 Å². The lowest BCUT2D eigenvalue weighted by Crippen LogP contribution is -2.35. The molecule has 1 unspecified atom stereocenters. The third-order valence-electron chi connectivity index (χ3n) is 4.18. The third kappa shape index (κ3) is 3.63. The molecule has 2 nitrogen and oxygen atoms in total. The predicted octanol–water partition coefficient (Wildman–Crippen LogP) is 3.74. The van der Waals surface area contributed by atoms with E-state index in [0.717, 1.165) is 23.8 Å². The van der Waals surface area contributed by atoms with Crippen LogP contribution in [0.25, 0.3) is 0 Å². The van der Waals surface area contributed by atoms with E-state index in [9.17, 15) is 4.79 Å². The number of aldehydes is 1. The second-order valence-electron chi connectivity index (χ2n) is 5.50. The monoisotopic (exact) mass is 291 g/mol. The summed E-state index contributed by atoms with van der Waals surface area (Å²) in [6.45, 7) is 4.37. The number of rotatable bonds is 4. The van der Waals surface area contributed by atoms with Crippen molar-refractivity contribution in [2.24, 2.45) is 0 Å². The lowest BCUT2D eigenvalue weighted by molar-refractivity contribution is 0.112. The molecule has 0 radical (unpaired) electrons. The lowest BCUT2D eigenvalue weighted by atomic mass is 9.89. The van der Waals surface area contributed by atoms with Gasteiger partial charge in [0.05, 0.1) is 0 Å². The van der Waals surface area contributed by atoms with Gasteiger partial charge in [0, 0.05) is 22.2 Å². The molecule has 0 fully saturated rings. The van der Waals surface area contributed by atoms with Crippen LogP contribution in [0.1, 0.15) is 47.3 Å². The molecule has 2 aromatic rings. The van der Waals surface area contributed by atoms with Crippen LogP contribution in [0.5, 0.6) is 0 Å². The summed E-state index contributed by atoms with van der Waals surface area (Å²) in [7, 11) is 1.99. The fourth-order valence-corrected chi connectivity index (χ4v) is 2.24. The molecule has 0 aliphatic rings. The van der Waals surface area contributed by atoms with Gasteiger partial charge >= 0.3 is 0 Å². The van der Waals surface area contributed by atoms with Crippen molar-refractivity contribution in [1.29, 1.82) is 0 Å². The predicted molar refractivity (Wildman–Crippen MR) is 91.0 cm³/mol. The van der Waals surface area contributed by atoms with Crippen LogP contribution in [0.4, 0.5) is 0 Å². The van der Waals surface area contributed by atoms with E-state index >= 15 is 0 Å². The van der Waals surface area contributed by atoms with Gasteiger partial charge in [0.1, 0.15) is 6.29 Å². The Bertz CT molecular complexity index is 683. The Morgan fingerprint density at radius 3 is 1.91 bits per heavy atom. The maximum atomic E-state index is 10.6. The SMILES string of the molecule is CCC(C)(NC)c1ccc(C#Cc2ccc(C=O)cc2)cc1. The highest BCUT2D eigenvalue weighted by atomic mass is 16.1. The average Bonchev–Trinajstić information content (AvgIpc) is 2.60. The molecule has 0 aliphatic carbocycles. The van der Waals surface area contributed by atoms with Gasteiger partial charge in [-0.15, -0.1) is 0 Å². The number of carbonyl (C=O) groups is 1. The zero-order valence-corrected chi connectivity index (χ0v) is 13.3. The molecule has 0 spiro atoms. The smallest absolute Gasteiger partial charge is 0.150 e. The van der Waals surface area contributed by atoms with E-state index < -0.39 is 0 Å². The van der Waals surface area contributed by atoms with Crippen molar-refractivity contribution in [3.8, 4) is 11.8 Å². The van der Waals surface area contributed by atoms with Gasteiger partial charge < -0.3 is 5.32 Å². The summed E-state index contributed by atoms with van der Waals surface area (Å²) in [6, 6.07) is 15.6. The van der Waals surface area contributed by atoms with Crippen LogP contribution in [0.2, 0.25) is 0 Å². The molecule has 0 aliphatic heterocycles. The largest absolute Gasteiger partial charge is 0.311 e. The van der Waals surface area contributed by atoms with Gasteiger partial charge in [-0.1, -0.05) is 43.0 Å². The molecule has 0 saturated heterocycles. The molecule has 0 saturated carbocycles. The van der Waals surface area contributed by atoms with E-state index in [1.54, 1.807) is 12.1 Å². The fourth-order valence-electron chi connectivity index (χ4n) is 2.24. The molecule has 0 amide bonds. The van der Waals surface area contributed by atoms with Crippen molar-refractivity contribution >= 4 is 6.29 Å². The zero-order valence-electron chi connectivity index (χ0n) is 13.3. The first kappa shape index (κ1) is 16.0. The topological polar surface area (TPSA) is 29.1 Å². The minimum Gasteiger partial charge on any atom is -0.311 e. The molecule has 2 heteroatoms. The van der Waals surface area contributed by atoms with Crippen LogP contribution < -0.4 is 5.32 Å². The second-order valence-corrected chi connectivity index (χ2v) is 5.50. The van der Waals surface area contributed by atoms with Crippen molar-refractivity contribution in [3.05, 3.63) is 70.8 Å². The maximum Gasteiger partial charge on any atom is 0.150 e. The summed E-state index contributed by atoms with van der Waals surface area (Å²) >= 11 is 0. The van der Waals surface area contributed by atoms with Crippen LogP contribution >= 0.6 is 0 Å². The molecular weight excluding hydrogens is 270 g/mol. The van der Waals surface area contributed by atoms with E-state index in [0.29, 0.717) is 5.56 Å². The summed E-state index contributed by atoms with van der Waals surface area (Å²) in [5.74, 6) is 6.27. The van der Waals surface area contributed by atoms with E-state index in [2.05, 4.69) is 43.1 Å². The zero-order chi connectivity index (χ0) is 16.0. The van der Waals surface area contributed by atoms with Crippen LogP contribution in [0.3, 0.4) is 0 Å². The van der Waals surface area contributed by atoms with Gasteiger partial charge in [0.25, 0.3) is 0 Å². The number of nitrogens with one attached hydrogen (secondary N) is 1. The van der Waals surface area contributed by atoms with Crippen LogP contribution in [0, 0.1) is 11.8 Å². The minimum absolute atomic E-state index is 0.00335. The summed E-state index contributed by atoms with van der Waals surface area (Å²) in [4.78, 5) is 10.6. The van der Waals surface area contributed by atoms with Gasteiger partial charge in [0.15, 0.2) is 0 Å². The molecule has 1 N–H and O–H groups in total. The summed E-state index contributed by atoms with van der Waals surface area (Å²) in [6.07, 6.45) is 1.86. The standard InChI is InChI=1S/C20H21NO/c1-4-20(2,21-3)19-13-11-17(12-14-19)6-5-16-7-9-18(15-22)10-8-16/h7-15,21H,4H2,1-3H3. The summed E-state index contributed by atoms with van der Waals surface area (Å²) < 4.78 is 0.